The number of benzene rings is 1. The summed E-state index contributed by atoms with van der Waals surface area (Å²) in [5.74, 6) is 1.08. The van der Waals surface area contributed by atoms with Crippen molar-refractivity contribution in [3.63, 3.8) is 0 Å². The minimum Gasteiger partial charge on any atom is -0.497 e. The van der Waals surface area contributed by atoms with Crippen molar-refractivity contribution in [2.45, 2.75) is 45.1 Å². The summed E-state index contributed by atoms with van der Waals surface area (Å²) >= 11 is 0. The molecule has 3 nitrogen and oxygen atoms in total. The average molecular weight is 275 g/mol. The summed E-state index contributed by atoms with van der Waals surface area (Å²) < 4.78 is 5.17. The molecule has 0 amide bonds. The van der Waals surface area contributed by atoms with Crippen molar-refractivity contribution in [3.05, 3.63) is 29.8 Å². The molecule has 0 unspecified atom stereocenters. The van der Waals surface area contributed by atoms with E-state index in [-0.39, 0.29) is 11.3 Å². The SMILES string of the molecule is CCN(CC)C1(C(=O)c2ccc(OC)cc2)CCCC1. The van der Waals surface area contributed by atoms with Crippen molar-refractivity contribution in [1.82, 2.24) is 4.90 Å². The third-order valence-electron chi connectivity index (χ3n) is 4.57. The maximum atomic E-state index is 13.0. The fraction of sp³-hybridized carbons (Fsp3) is 0.588. The number of methoxy groups -OCH3 is 1. The van der Waals surface area contributed by atoms with E-state index < -0.39 is 0 Å². The molecule has 0 aromatic heterocycles. The molecule has 0 saturated heterocycles. The van der Waals surface area contributed by atoms with Gasteiger partial charge in [-0.05, 0) is 50.2 Å². The molecule has 0 bridgehead atoms. The molecule has 0 atom stereocenters. The molecular weight excluding hydrogens is 250 g/mol. The predicted molar refractivity (Wildman–Crippen MR) is 81.4 cm³/mol. The van der Waals surface area contributed by atoms with Crippen LogP contribution in [0.25, 0.3) is 0 Å². The smallest absolute Gasteiger partial charge is 0.183 e. The lowest BCUT2D eigenvalue weighted by Crippen LogP contribution is -2.52. The lowest BCUT2D eigenvalue weighted by atomic mass is 9.85. The van der Waals surface area contributed by atoms with E-state index in [4.69, 9.17) is 4.74 Å². The molecule has 1 aromatic rings. The van der Waals surface area contributed by atoms with Crippen LogP contribution in [-0.4, -0.2) is 36.4 Å². The van der Waals surface area contributed by atoms with E-state index >= 15 is 0 Å². The number of hydrogen-bond acceptors (Lipinski definition) is 3. The van der Waals surface area contributed by atoms with E-state index in [1.165, 1.54) is 0 Å². The van der Waals surface area contributed by atoms with E-state index in [1.54, 1.807) is 7.11 Å². The first-order valence-corrected chi connectivity index (χ1v) is 7.62. The van der Waals surface area contributed by atoms with Crippen LogP contribution in [0.1, 0.15) is 49.9 Å². The number of carbonyl (C=O) groups is 1. The van der Waals surface area contributed by atoms with Gasteiger partial charge in [0.05, 0.1) is 12.6 Å². The van der Waals surface area contributed by atoms with Crippen LogP contribution in [0.4, 0.5) is 0 Å². The van der Waals surface area contributed by atoms with Crippen molar-refractivity contribution in [1.29, 1.82) is 0 Å². The molecule has 0 spiro atoms. The second-order valence-corrected chi connectivity index (χ2v) is 5.47. The Balaban J connectivity index is 2.31. The van der Waals surface area contributed by atoms with Crippen LogP contribution in [0.3, 0.4) is 0 Å². The maximum absolute atomic E-state index is 13.0. The molecule has 3 heteroatoms. The van der Waals surface area contributed by atoms with Crippen molar-refractivity contribution in [3.8, 4) is 5.75 Å². The zero-order valence-electron chi connectivity index (χ0n) is 12.8. The first-order chi connectivity index (χ1) is 9.67. The molecule has 20 heavy (non-hydrogen) atoms. The van der Waals surface area contributed by atoms with Gasteiger partial charge in [-0.25, -0.2) is 0 Å². The molecule has 0 aliphatic heterocycles. The maximum Gasteiger partial charge on any atom is 0.183 e. The van der Waals surface area contributed by atoms with Gasteiger partial charge in [0.15, 0.2) is 5.78 Å². The fourth-order valence-electron chi connectivity index (χ4n) is 3.49. The Kier molecular flexibility index (Phi) is 4.81. The Labute approximate surface area is 121 Å². The average Bonchev–Trinajstić information content (AvgIpc) is 2.98. The van der Waals surface area contributed by atoms with Gasteiger partial charge in [-0.1, -0.05) is 26.7 Å². The molecule has 1 aromatic carbocycles. The predicted octanol–water partition coefficient (Wildman–Crippen LogP) is 3.53. The Morgan fingerprint density at radius 1 is 1.15 bits per heavy atom. The van der Waals surface area contributed by atoms with Crippen LogP contribution in [-0.2, 0) is 0 Å². The number of hydrogen-bond donors (Lipinski definition) is 0. The van der Waals surface area contributed by atoms with Gasteiger partial charge in [0, 0.05) is 5.56 Å². The molecule has 1 aliphatic carbocycles. The normalized spacial score (nSPS) is 17.4. The lowest BCUT2D eigenvalue weighted by Gasteiger charge is -2.39. The summed E-state index contributed by atoms with van der Waals surface area (Å²) in [6.45, 7) is 6.15. The largest absolute Gasteiger partial charge is 0.497 e. The van der Waals surface area contributed by atoms with Gasteiger partial charge in [0.1, 0.15) is 5.75 Å². The third-order valence-corrected chi connectivity index (χ3v) is 4.57. The third kappa shape index (κ3) is 2.59. The topological polar surface area (TPSA) is 29.5 Å². The molecule has 0 N–H and O–H groups in total. The zero-order chi connectivity index (χ0) is 14.6. The molecule has 2 rings (SSSR count). The first-order valence-electron chi connectivity index (χ1n) is 7.62. The summed E-state index contributed by atoms with van der Waals surface area (Å²) in [5, 5.41) is 0. The number of Topliss-reactive ketones (excluding diaryl/α,β-unsaturated/α-hetero) is 1. The van der Waals surface area contributed by atoms with Crippen LogP contribution < -0.4 is 4.74 Å². The van der Waals surface area contributed by atoms with Crippen molar-refractivity contribution in [2.75, 3.05) is 20.2 Å². The Hall–Kier alpha value is -1.35. The van der Waals surface area contributed by atoms with Gasteiger partial charge in [-0.15, -0.1) is 0 Å². The van der Waals surface area contributed by atoms with Gasteiger partial charge in [0.2, 0.25) is 0 Å². The number of ether oxygens (including phenoxy) is 1. The van der Waals surface area contributed by atoms with Gasteiger partial charge in [-0.2, -0.15) is 0 Å². The highest BCUT2D eigenvalue weighted by molar-refractivity contribution is 6.03. The molecular formula is C17H25NO2. The number of nitrogens with zero attached hydrogens (tertiary/aromatic N) is 1. The van der Waals surface area contributed by atoms with Gasteiger partial charge >= 0.3 is 0 Å². The molecule has 110 valence electrons. The van der Waals surface area contributed by atoms with Crippen LogP contribution in [0, 0.1) is 0 Å². The van der Waals surface area contributed by atoms with E-state index in [1.807, 2.05) is 24.3 Å². The van der Waals surface area contributed by atoms with Crippen LogP contribution in [0.5, 0.6) is 5.75 Å². The second-order valence-electron chi connectivity index (χ2n) is 5.47. The molecule has 1 saturated carbocycles. The highest BCUT2D eigenvalue weighted by Crippen LogP contribution is 2.38. The summed E-state index contributed by atoms with van der Waals surface area (Å²) in [7, 11) is 1.64. The number of carbonyl (C=O) groups excluding carboxylic acids is 1. The zero-order valence-corrected chi connectivity index (χ0v) is 12.8. The second kappa shape index (κ2) is 6.40. The quantitative estimate of drug-likeness (QED) is 0.744. The van der Waals surface area contributed by atoms with E-state index in [0.29, 0.717) is 0 Å². The monoisotopic (exact) mass is 275 g/mol. The van der Waals surface area contributed by atoms with Gasteiger partial charge in [-0.3, -0.25) is 9.69 Å². The molecule has 1 aliphatic rings. The number of rotatable bonds is 6. The van der Waals surface area contributed by atoms with E-state index in [2.05, 4.69) is 18.7 Å². The number of likely N-dealkylation sites (N-methyl/N-ethyl adjacent to an activating group) is 1. The first kappa shape index (κ1) is 15.0. The minimum absolute atomic E-state index is 0.279. The summed E-state index contributed by atoms with van der Waals surface area (Å²) in [5.41, 5.74) is 0.526. The molecule has 1 fully saturated rings. The van der Waals surface area contributed by atoms with E-state index in [9.17, 15) is 4.79 Å². The Morgan fingerprint density at radius 3 is 2.15 bits per heavy atom. The Bertz CT molecular complexity index is 443. The Morgan fingerprint density at radius 2 is 1.70 bits per heavy atom. The van der Waals surface area contributed by atoms with Crippen molar-refractivity contribution in [2.24, 2.45) is 0 Å². The summed E-state index contributed by atoms with van der Waals surface area (Å²) in [6.07, 6.45) is 4.27. The van der Waals surface area contributed by atoms with Gasteiger partial charge in [0.25, 0.3) is 0 Å². The van der Waals surface area contributed by atoms with Crippen molar-refractivity contribution < 1.29 is 9.53 Å². The highest BCUT2D eigenvalue weighted by atomic mass is 16.5. The highest BCUT2D eigenvalue weighted by Gasteiger charge is 2.44. The van der Waals surface area contributed by atoms with Crippen LogP contribution in [0.15, 0.2) is 24.3 Å². The van der Waals surface area contributed by atoms with Crippen LogP contribution >= 0.6 is 0 Å². The molecule has 0 heterocycles. The van der Waals surface area contributed by atoms with Crippen molar-refractivity contribution >= 4 is 5.78 Å². The van der Waals surface area contributed by atoms with E-state index in [0.717, 1.165) is 50.1 Å². The van der Waals surface area contributed by atoms with Crippen LogP contribution in [0.2, 0.25) is 0 Å². The fourth-order valence-corrected chi connectivity index (χ4v) is 3.49. The molecule has 0 radical (unpaired) electrons. The summed E-state index contributed by atoms with van der Waals surface area (Å²) in [6, 6.07) is 7.53. The lowest BCUT2D eigenvalue weighted by molar-refractivity contribution is 0.0584. The summed E-state index contributed by atoms with van der Waals surface area (Å²) in [4.78, 5) is 15.4. The number of ketones is 1. The van der Waals surface area contributed by atoms with Gasteiger partial charge < -0.3 is 4.74 Å². The standard InChI is InChI=1S/C17H25NO2/c1-4-18(5-2)17(12-6-7-13-17)16(19)14-8-10-15(20-3)11-9-14/h8-11H,4-7,12-13H2,1-3H3. The minimum atomic E-state index is -0.280.